The van der Waals surface area contributed by atoms with Gasteiger partial charge in [-0.25, -0.2) is 0 Å². The van der Waals surface area contributed by atoms with Gasteiger partial charge in [0.2, 0.25) is 0 Å². The number of carbonyl (C=O) groups is 1. The molecule has 0 aromatic carbocycles. The average Bonchev–Trinajstić information content (AvgIpc) is 1.78. The fourth-order valence-electron chi connectivity index (χ4n) is 0.594. The maximum Gasteiger partial charge on any atom is 0.303 e. The van der Waals surface area contributed by atoms with Gasteiger partial charge < -0.3 is 14.9 Å². The maximum atomic E-state index is 9.98. The lowest BCUT2D eigenvalue weighted by Crippen LogP contribution is -1.95. The van der Waals surface area contributed by atoms with E-state index < -0.39 is 12.5 Å². The Labute approximate surface area is 70.0 Å². The third-order valence-electron chi connectivity index (χ3n) is 1.09. The molecule has 4 nitrogen and oxygen atoms in total. The minimum atomic E-state index is -3.09. The normalized spacial score (nSPS) is 11.5. The minimum Gasteiger partial charge on any atom is -0.481 e. The fourth-order valence-corrected chi connectivity index (χ4v) is 1.62. The van der Waals surface area contributed by atoms with Crippen LogP contribution in [0.5, 0.6) is 0 Å². The van der Waals surface area contributed by atoms with E-state index in [0.29, 0.717) is 12.8 Å². The molecule has 0 aromatic rings. The highest BCUT2D eigenvalue weighted by Gasteiger charge is 2.06. The second-order valence-electron chi connectivity index (χ2n) is 2.24. The first-order valence-corrected chi connectivity index (χ1v) is 6.07. The van der Waals surface area contributed by atoms with Crippen molar-refractivity contribution in [2.45, 2.75) is 19.3 Å². The highest BCUT2D eigenvalue weighted by Crippen LogP contribution is 2.35. The number of aliphatic carboxylic acids is 1. The van der Waals surface area contributed by atoms with Crippen molar-refractivity contribution in [3.05, 3.63) is 0 Å². The lowest BCUT2D eigenvalue weighted by molar-refractivity contribution is -0.137. The summed E-state index contributed by atoms with van der Waals surface area (Å²) in [6.07, 6.45) is 1.14. The van der Waals surface area contributed by atoms with E-state index in [4.69, 9.17) is 14.9 Å². The van der Waals surface area contributed by atoms with E-state index >= 15 is 0 Å². The van der Waals surface area contributed by atoms with Crippen molar-refractivity contribution < 1.29 is 19.7 Å². The van der Waals surface area contributed by atoms with E-state index in [-0.39, 0.29) is 12.6 Å². The Hall–Kier alpha value is 0.0400. The van der Waals surface area contributed by atoms with Crippen molar-refractivity contribution in [3.63, 3.8) is 0 Å². The first-order chi connectivity index (χ1) is 4.92. The van der Waals surface area contributed by atoms with Gasteiger partial charge in [-0.3, -0.25) is 4.79 Å². The summed E-state index contributed by atoms with van der Waals surface area (Å²) in [5, 5.41) is 8.20. The van der Waals surface area contributed by atoms with Gasteiger partial charge >= 0.3 is 5.97 Å². The van der Waals surface area contributed by atoms with Crippen molar-refractivity contribution in [2.24, 2.45) is 0 Å². The van der Waals surface area contributed by atoms with Gasteiger partial charge in [0, 0.05) is 12.6 Å². The zero-order chi connectivity index (χ0) is 8.91. The van der Waals surface area contributed by atoms with Crippen molar-refractivity contribution in [2.75, 3.05) is 6.16 Å². The van der Waals surface area contributed by atoms with E-state index in [0.717, 1.165) is 0 Å². The smallest absolute Gasteiger partial charge is 0.303 e. The molecule has 0 aromatic heterocycles. The summed E-state index contributed by atoms with van der Waals surface area (Å²) >= 11 is 4.34. The van der Waals surface area contributed by atoms with Crippen LogP contribution in [-0.2, 0) is 16.6 Å². The maximum absolute atomic E-state index is 9.98. The topological polar surface area (TPSA) is 77.8 Å². The van der Waals surface area contributed by atoms with Crippen LogP contribution in [0.2, 0.25) is 0 Å². The van der Waals surface area contributed by atoms with Crippen LogP contribution in [0.3, 0.4) is 0 Å². The molecule has 66 valence electrons. The summed E-state index contributed by atoms with van der Waals surface area (Å²) in [5.41, 5.74) is 0. The number of carboxylic acid groups (broad SMARTS) is 1. The van der Waals surface area contributed by atoms with Crippen LogP contribution < -0.4 is 0 Å². The molecule has 0 atom stereocenters. The SMILES string of the molecule is O=C(O)CCCCP(O)(O)=S. The summed E-state index contributed by atoms with van der Waals surface area (Å²) < 4.78 is 0. The Morgan fingerprint density at radius 3 is 2.27 bits per heavy atom. The predicted octanol–water partition coefficient (Wildman–Crippen LogP) is 0.535. The molecule has 0 saturated carbocycles. The van der Waals surface area contributed by atoms with Gasteiger partial charge in [0.1, 0.15) is 0 Å². The quantitative estimate of drug-likeness (QED) is 0.444. The molecular formula is C5H11O4PS. The van der Waals surface area contributed by atoms with Crippen molar-refractivity contribution >= 4 is 24.3 Å². The molecule has 0 amide bonds. The number of hydrogen-bond acceptors (Lipinski definition) is 2. The largest absolute Gasteiger partial charge is 0.481 e. The third-order valence-corrected chi connectivity index (χ3v) is 2.54. The van der Waals surface area contributed by atoms with Gasteiger partial charge in [-0.05, 0) is 24.6 Å². The molecule has 3 N–H and O–H groups in total. The number of hydrogen-bond donors (Lipinski definition) is 3. The lowest BCUT2D eigenvalue weighted by Gasteiger charge is -2.04. The van der Waals surface area contributed by atoms with E-state index in [1.54, 1.807) is 0 Å². The Morgan fingerprint density at radius 1 is 1.36 bits per heavy atom. The zero-order valence-corrected chi connectivity index (χ0v) is 7.64. The van der Waals surface area contributed by atoms with Gasteiger partial charge in [-0.2, -0.15) is 0 Å². The van der Waals surface area contributed by atoms with Crippen LogP contribution in [0.25, 0.3) is 0 Å². The van der Waals surface area contributed by atoms with Gasteiger partial charge in [-0.15, -0.1) is 0 Å². The highest BCUT2D eigenvalue weighted by atomic mass is 32.5. The van der Waals surface area contributed by atoms with E-state index in [2.05, 4.69) is 11.8 Å². The minimum absolute atomic E-state index is 0.0648. The molecule has 0 aliphatic rings. The average molecular weight is 198 g/mol. The summed E-state index contributed by atoms with van der Waals surface area (Å²) in [6, 6.07) is 0. The standard InChI is InChI=1S/C5H11O4PS/c6-5(7)3-1-2-4-10(8,9)11/h1-4H2,(H,6,7)(H2,8,9,11). The molecular weight excluding hydrogens is 187 g/mol. The number of carboxylic acids is 1. The summed E-state index contributed by atoms with van der Waals surface area (Å²) in [4.78, 5) is 27.4. The molecule has 0 heterocycles. The molecule has 0 aliphatic carbocycles. The molecule has 0 spiro atoms. The van der Waals surface area contributed by atoms with Crippen LogP contribution in [-0.4, -0.2) is 27.0 Å². The molecule has 0 saturated heterocycles. The van der Waals surface area contributed by atoms with Crippen LogP contribution in [0.1, 0.15) is 19.3 Å². The number of unbranched alkanes of at least 4 members (excludes halogenated alkanes) is 1. The Balaban J connectivity index is 3.29. The molecule has 0 bridgehead atoms. The fraction of sp³-hybridized carbons (Fsp3) is 0.800. The molecule has 0 unspecified atom stereocenters. The van der Waals surface area contributed by atoms with Crippen LogP contribution in [0, 0.1) is 0 Å². The van der Waals surface area contributed by atoms with Crippen LogP contribution in [0.15, 0.2) is 0 Å². The Bertz CT molecular complexity index is 175. The van der Waals surface area contributed by atoms with Crippen molar-refractivity contribution in [1.82, 2.24) is 0 Å². The second kappa shape index (κ2) is 4.83. The van der Waals surface area contributed by atoms with Crippen molar-refractivity contribution in [1.29, 1.82) is 0 Å². The van der Waals surface area contributed by atoms with E-state index in [9.17, 15) is 4.79 Å². The second-order valence-corrected chi connectivity index (χ2v) is 5.77. The van der Waals surface area contributed by atoms with Gasteiger partial charge in [0.25, 0.3) is 0 Å². The first-order valence-electron chi connectivity index (χ1n) is 3.18. The van der Waals surface area contributed by atoms with Gasteiger partial charge in [-0.1, -0.05) is 0 Å². The first kappa shape index (κ1) is 11.0. The molecule has 6 heteroatoms. The summed E-state index contributed by atoms with van der Waals surface area (Å²) in [5.74, 6) is -0.866. The monoisotopic (exact) mass is 198 g/mol. The highest BCUT2D eigenvalue weighted by molar-refractivity contribution is 8.09. The van der Waals surface area contributed by atoms with Crippen LogP contribution in [0.4, 0.5) is 0 Å². The summed E-state index contributed by atoms with van der Waals surface area (Å²) in [6.45, 7) is -3.09. The molecule has 0 fully saturated rings. The van der Waals surface area contributed by atoms with Crippen molar-refractivity contribution in [3.8, 4) is 0 Å². The van der Waals surface area contributed by atoms with Crippen LogP contribution >= 0.6 is 6.49 Å². The number of rotatable bonds is 5. The Kier molecular flexibility index (Phi) is 4.84. The molecule has 11 heavy (non-hydrogen) atoms. The molecule has 0 rings (SSSR count). The molecule has 0 aliphatic heterocycles. The van der Waals surface area contributed by atoms with Gasteiger partial charge in [0.15, 0.2) is 6.49 Å². The van der Waals surface area contributed by atoms with Gasteiger partial charge in [0.05, 0.1) is 0 Å². The van der Waals surface area contributed by atoms with E-state index in [1.165, 1.54) is 0 Å². The predicted molar refractivity (Wildman–Crippen MR) is 45.1 cm³/mol. The lowest BCUT2D eigenvalue weighted by atomic mass is 10.3. The zero-order valence-electron chi connectivity index (χ0n) is 5.93. The van der Waals surface area contributed by atoms with E-state index in [1.807, 2.05) is 0 Å². The third kappa shape index (κ3) is 10.0. The Morgan fingerprint density at radius 2 is 1.91 bits per heavy atom. The summed E-state index contributed by atoms with van der Waals surface area (Å²) in [7, 11) is 0. The molecule has 0 radical (unpaired) electrons.